The highest BCUT2D eigenvalue weighted by Crippen LogP contribution is 2.15. The first kappa shape index (κ1) is 17.4. The second-order valence-electron chi connectivity index (χ2n) is 5.40. The topological polar surface area (TPSA) is 84.4 Å². The Labute approximate surface area is 149 Å². The fourth-order valence-electron chi connectivity index (χ4n) is 2.42. The minimum absolute atomic E-state index is 0.0629. The van der Waals surface area contributed by atoms with E-state index < -0.39 is 0 Å². The first-order valence-electron chi connectivity index (χ1n) is 7.82. The van der Waals surface area contributed by atoms with Crippen molar-refractivity contribution in [1.29, 1.82) is 0 Å². The molecule has 2 amide bonds. The third-order valence-electron chi connectivity index (χ3n) is 3.74. The molecule has 0 aliphatic carbocycles. The van der Waals surface area contributed by atoms with Crippen molar-refractivity contribution in [1.82, 2.24) is 14.9 Å². The number of amides is 2. The van der Waals surface area contributed by atoms with Gasteiger partial charge in [-0.15, -0.1) is 0 Å². The summed E-state index contributed by atoms with van der Waals surface area (Å²) in [6, 6.07) is 6.90. The lowest BCUT2D eigenvalue weighted by molar-refractivity contribution is 0.0303. The van der Waals surface area contributed by atoms with E-state index >= 15 is 0 Å². The van der Waals surface area contributed by atoms with Gasteiger partial charge in [0.1, 0.15) is 0 Å². The maximum absolute atomic E-state index is 12.5. The standard InChI is InChI=1S/C17H18N4O3S/c1-25-17-18-10-13(11-19-17)15(22)20-14-4-2-3-12(9-14)16(23)21-5-7-24-8-6-21/h2-4,9-11H,5-8H2,1H3,(H,20,22). The average Bonchev–Trinajstić information content (AvgIpc) is 2.68. The fourth-order valence-corrected chi connectivity index (χ4v) is 2.74. The molecule has 2 aromatic rings. The molecule has 0 bridgehead atoms. The minimum atomic E-state index is -0.316. The molecule has 130 valence electrons. The van der Waals surface area contributed by atoms with Crippen molar-refractivity contribution in [2.45, 2.75) is 5.16 Å². The van der Waals surface area contributed by atoms with E-state index in [0.717, 1.165) is 0 Å². The van der Waals surface area contributed by atoms with Crippen LogP contribution in [0.2, 0.25) is 0 Å². The molecule has 1 N–H and O–H groups in total. The minimum Gasteiger partial charge on any atom is -0.378 e. The second-order valence-corrected chi connectivity index (χ2v) is 6.17. The molecule has 0 radical (unpaired) electrons. The summed E-state index contributed by atoms with van der Waals surface area (Å²) in [5.41, 5.74) is 1.45. The molecule has 1 aromatic carbocycles. The molecule has 0 spiro atoms. The van der Waals surface area contributed by atoms with Crippen LogP contribution in [0.15, 0.2) is 41.8 Å². The summed E-state index contributed by atoms with van der Waals surface area (Å²) in [5.74, 6) is -0.379. The number of morpholine rings is 1. The molecule has 1 saturated heterocycles. The second kappa shape index (κ2) is 8.09. The number of rotatable bonds is 4. The number of hydrogen-bond donors (Lipinski definition) is 1. The van der Waals surface area contributed by atoms with Crippen LogP contribution in [-0.2, 0) is 4.74 Å². The first-order chi connectivity index (χ1) is 12.2. The smallest absolute Gasteiger partial charge is 0.258 e. The van der Waals surface area contributed by atoms with E-state index in [2.05, 4.69) is 15.3 Å². The number of carbonyl (C=O) groups excluding carboxylic acids is 2. The Morgan fingerprint density at radius 2 is 1.88 bits per heavy atom. The van der Waals surface area contributed by atoms with Crippen LogP contribution in [0.25, 0.3) is 0 Å². The number of hydrogen-bond acceptors (Lipinski definition) is 6. The van der Waals surface area contributed by atoms with Crippen molar-refractivity contribution in [3.05, 3.63) is 47.8 Å². The Hall–Kier alpha value is -2.45. The van der Waals surface area contributed by atoms with Gasteiger partial charge in [0, 0.05) is 36.7 Å². The van der Waals surface area contributed by atoms with Gasteiger partial charge in [-0.2, -0.15) is 0 Å². The highest BCUT2D eigenvalue weighted by molar-refractivity contribution is 7.98. The average molecular weight is 358 g/mol. The molecular weight excluding hydrogens is 340 g/mol. The molecule has 2 heterocycles. The Morgan fingerprint density at radius 1 is 1.16 bits per heavy atom. The summed E-state index contributed by atoms with van der Waals surface area (Å²) < 4.78 is 5.26. The van der Waals surface area contributed by atoms with E-state index in [1.807, 2.05) is 6.26 Å². The van der Waals surface area contributed by atoms with Crippen molar-refractivity contribution >= 4 is 29.3 Å². The van der Waals surface area contributed by atoms with Crippen molar-refractivity contribution in [2.24, 2.45) is 0 Å². The number of thioether (sulfide) groups is 1. The largest absolute Gasteiger partial charge is 0.378 e. The number of ether oxygens (including phenoxy) is 1. The summed E-state index contributed by atoms with van der Waals surface area (Å²) in [4.78, 5) is 34.7. The normalized spacial score (nSPS) is 14.2. The first-order valence-corrected chi connectivity index (χ1v) is 9.04. The van der Waals surface area contributed by atoms with Gasteiger partial charge in [-0.25, -0.2) is 9.97 Å². The lowest BCUT2D eigenvalue weighted by atomic mass is 10.1. The molecule has 1 aliphatic rings. The van der Waals surface area contributed by atoms with Crippen LogP contribution >= 0.6 is 11.8 Å². The van der Waals surface area contributed by atoms with Gasteiger partial charge in [0.15, 0.2) is 5.16 Å². The van der Waals surface area contributed by atoms with Crippen molar-refractivity contribution in [3.8, 4) is 0 Å². The van der Waals surface area contributed by atoms with Crippen LogP contribution in [0.4, 0.5) is 5.69 Å². The summed E-state index contributed by atoms with van der Waals surface area (Å²) in [6.45, 7) is 2.26. The Balaban J connectivity index is 1.70. The Morgan fingerprint density at radius 3 is 2.56 bits per heavy atom. The summed E-state index contributed by atoms with van der Waals surface area (Å²) in [5, 5.41) is 3.38. The van der Waals surface area contributed by atoms with Crippen molar-refractivity contribution < 1.29 is 14.3 Å². The predicted octanol–water partition coefficient (Wildman–Crippen LogP) is 1.92. The molecule has 0 atom stereocenters. The molecule has 8 heteroatoms. The highest BCUT2D eigenvalue weighted by Gasteiger charge is 2.19. The third kappa shape index (κ3) is 4.34. The maximum Gasteiger partial charge on any atom is 0.258 e. The van der Waals surface area contributed by atoms with E-state index in [0.29, 0.717) is 48.3 Å². The maximum atomic E-state index is 12.5. The quantitative estimate of drug-likeness (QED) is 0.664. The summed E-state index contributed by atoms with van der Waals surface area (Å²) >= 11 is 1.41. The molecule has 0 saturated carbocycles. The van der Waals surface area contributed by atoms with E-state index in [9.17, 15) is 9.59 Å². The van der Waals surface area contributed by atoms with Gasteiger partial charge >= 0.3 is 0 Å². The summed E-state index contributed by atoms with van der Waals surface area (Å²) in [6.07, 6.45) is 4.83. The highest BCUT2D eigenvalue weighted by atomic mass is 32.2. The van der Waals surface area contributed by atoms with Gasteiger partial charge in [-0.05, 0) is 24.5 Å². The third-order valence-corrected chi connectivity index (χ3v) is 4.31. The molecule has 0 unspecified atom stereocenters. The number of aromatic nitrogens is 2. The molecule has 25 heavy (non-hydrogen) atoms. The predicted molar refractivity (Wildman–Crippen MR) is 94.9 cm³/mol. The van der Waals surface area contributed by atoms with Crippen LogP contribution in [0.5, 0.6) is 0 Å². The molecular formula is C17H18N4O3S. The van der Waals surface area contributed by atoms with Gasteiger partial charge < -0.3 is 15.0 Å². The molecule has 1 aromatic heterocycles. The molecule has 7 nitrogen and oxygen atoms in total. The molecule has 1 fully saturated rings. The van der Waals surface area contributed by atoms with Gasteiger partial charge in [-0.1, -0.05) is 17.8 Å². The fraction of sp³-hybridized carbons (Fsp3) is 0.294. The molecule has 3 rings (SSSR count). The zero-order valence-corrected chi connectivity index (χ0v) is 14.6. The Kier molecular flexibility index (Phi) is 5.62. The van der Waals surface area contributed by atoms with Crippen LogP contribution in [0.1, 0.15) is 20.7 Å². The zero-order valence-electron chi connectivity index (χ0n) is 13.8. The van der Waals surface area contributed by atoms with Crippen LogP contribution in [0, 0.1) is 0 Å². The summed E-state index contributed by atoms with van der Waals surface area (Å²) in [7, 11) is 0. The van der Waals surface area contributed by atoms with E-state index in [-0.39, 0.29) is 11.8 Å². The zero-order chi connectivity index (χ0) is 17.6. The number of benzene rings is 1. The number of carbonyl (C=O) groups is 2. The lowest BCUT2D eigenvalue weighted by Gasteiger charge is -2.27. The Bertz CT molecular complexity index is 761. The van der Waals surface area contributed by atoms with Crippen molar-refractivity contribution in [3.63, 3.8) is 0 Å². The van der Waals surface area contributed by atoms with E-state index in [4.69, 9.17) is 4.74 Å². The SMILES string of the molecule is CSc1ncc(C(=O)Nc2cccc(C(=O)N3CCOCC3)c2)cn1. The van der Waals surface area contributed by atoms with E-state index in [1.54, 1.807) is 29.2 Å². The van der Waals surface area contributed by atoms with Gasteiger partial charge in [0.2, 0.25) is 0 Å². The number of anilines is 1. The molecule has 1 aliphatic heterocycles. The number of nitrogens with zero attached hydrogens (tertiary/aromatic N) is 3. The number of nitrogens with one attached hydrogen (secondary N) is 1. The van der Waals surface area contributed by atoms with Crippen LogP contribution in [-0.4, -0.2) is 59.2 Å². The van der Waals surface area contributed by atoms with E-state index in [1.165, 1.54) is 24.2 Å². The van der Waals surface area contributed by atoms with Gasteiger partial charge in [-0.3, -0.25) is 9.59 Å². The van der Waals surface area contributed by atoms with Crippen LogP contribution < -0.4 is 5.32 Å². The van der Waals surface area contributed by atoms with Crippen LogP contribution in [0.3, 0.4) is 0 Å². The van der Waals surface area contributed by atoms with Gasteiger partial charge in [0.25, 0.3) is 11.8 Å². The monoisotopic (exact) mass is 358 g/mol. The van der Waals surface area contributed by atoms with Gasteiger partial charge in [0.05, 0.1) is 18.8 Å². The van der Waals surface area contributed by atoms with Crippen molar-refractivity contribution in [2.75, 3.05) is 37.9 Å². The lowest BCUT2D eigenvalue weighted by Crippen LogP contribution is -2.40.